The van der Waals surface area contributed by atoms with E-state index in [0.29, 0.717) is 17.5 Å². The molecule has 3 aliphatic rings. The summed E-state index contributed by atoms with van der Waals surface area (Å²) in [6.45, 7) is 6.65. The molecule has 0 saturated heterocycles. The summed E-state index contributed by atoms with van der Waals surface area (Å²) in [6.07, 6.45) is 14.5. The average molecular weight is 814 g/mol. The number of para-hydroxylation sites is 2. The number of hydrogen-bond donors (Lipinski definition) is 1. The van der Waals surface area contributed by atoms with Crippen LogP contribution in [0.2, 0.25) is 0 Å². The molecule has 1 aliphatic carbocycles. The van der Waals surface area contributed by atoms with Crippen molar-refractivity contribution in [1.29, 1.82) is 0 Å². The Hall–Kier alpha value is -7.96. The van der Waals surface area contributed by atoms with Crippen LogP contribution in [0.15, 0.2) is 201 Å². The van der Waals surface area contributed by atoms with Gasteiger partial charge in [-0.15, -0.1) is 0 Å². The third-order valence-corrected chi connectivity index (χ3v) is 12.3. The van der Waals surface area contributed by atoms with E-state index in [4.69, 9.17) is 24.7 Å². The molecule has 8 aromatic rings. The molecule has 6 heteroatoms. The van der Waals surface area contributed by atoms with E-state index in [9.17, 15) is 0 Å². The van der Waals surface area contributed by atoms with Gasteiger partial charge in [0.2, 0.25) is 0 Å². The summed E-state index contributed by atoms with van der Waals surface area (Å²) in [6, 6.07) is 55.2. The Bertz CT molecular complexity index is 3060. The predicted octanol–water partition coefficient (Wildman–Crippen LogP) is 13.5. The molecule has 302 valence electrons. The van der Waals surface area contributed by atoms with Crippen LogP contribution >= 0.6 is 0 Å². The van der Waals surface area contributed by atoms with Gasteiger partial charge in [-0.25, -0.2) is 15.0 Å². The SMILES string of the molecule is C=C(/C=C\CCC)c1cc(-c2ccc3c(c2)C2(c4ccccc4Oc4ccccc42)c2cc(-c4nc(-c5ccccc5)nc(-c5ccccc5)n4)ccc2-3)cc(C2C=CC=CN2)n1. The van der Waals surface area contributed by atoms with E-state index in [1.165, 1.54) is 11.1 Å². The number of nitrogens with zero attached hydrogens (tertiary/aromatic N) is 4. The monoisotopic (exact) mass is 813 g/mol. The summed E-state index contributed by atoms with van der Waals surface area (Å²) in [7, 11) is 0. The van der Waals surface area contributed by atoms with Crippen molar-refractivity contribution < 1.29 is 4.74 Å². The number of ether oxygens (including phenoxy) is 1. The van der Waals surface area contributed by atoms with Crippen LogP contribution in [-0.2, 0) is 5.41 Å². The lowest BCUT2D eigenvalue weighted by atomic mass is 9.65. The van der Waals surface area contributed by atoms with Crippen LogP contribution in [0.5, 0.6) is 11.5 Å². The molecule has 63 heavy (non-hydrogen) atoms. The normalized spacial score (nSPS) is 15.0. The van der Waals surface area contributed by atoms with Crippen LogP contribution in [0, 0.1) is 0 Å². The van der Waals surface area contributed by atoms with Crippen molar-refractivity contribution in [3.8, 4) is 67.9 Å². The van der Waals surface area contributed by atoms with Crippen LogP contribution in [0.1, 0.15) is 59.4 Å². The Balaban J connectivity index is 1.14. The number of pyridine rings is 1. The van der Waals surface area contributed by atoms with Crippen molar-refractivity contribution in [1.82, 2.24) is 25.3 Å². The Labute approximate surface area is 367 Å². The van der Waals surface area contributed by atoms with E-state index in [0.717, 1.165) is 91.4 Å². The summed E-state index contributed by atoms with van der Waals surface area (Å²) in [5, 5.41) is 3.49. The number of nitrogens with one attached hydrogen (secondary N) is 1. The highest BCUT2D eigenvalue weighted by Crippen LogP contribution is 2.62. The molecular formula is C57H43N5O. The molecule has 0 saturated carbocycles. The van der Waals surface area contributed by atoms with Gasteiger partial charge in [-0.3, -0.25) is 4.98 Å². The maximum absolute atomic E-state index is 6.74. The molecule has 1 N–H and O–H groups in total. The maximum atomic E-state index is 6.74. The number of benzene rings is 6. The summed E-state index contributed by atoms with van der Waals surface area (Å²) in [5.74, 6) is 3.51. The highest BCUT2D eigenvalue weighted by Gasteiger charge is 2.51. The van der Waals surface area contributed by atoms with Crippen molar-refractivity contribution in [3.05, 3.63) is 235 Å². The van der Waals surface area contributed by atoms with Gasteiger partial charge in [-0.1, -0.05) is 166 Å². The largest absolute Gasteiger partial charge is 0.457 e. The second-order valence-corrected chi connectivity index (χ2v) is 16.2. The second kappa shape index (κ2) is 15.8. The molecule has 2 aromatic heterocycles. The summed E-state index contributed by atoms with van der Waals surface area (Å²) in [4.78, 5) is 20.5. The minimum absolute atomic E-state index is 0.0703. The fraction of sp³-hybridized carbons (Fsp3) is 0.0877. The van der Waals surface area contributed by atoms with Crippen LogP contribution in [0.3, 0.4) is 0 Å². The van der Waals surface area contributed by atoms with Gasteiger partial charge in [0.05, 0.1) is 22.8 Å². The van der Waals surface area contributed by atoms with Gasteiger partial charge >= 0.3 is 0 Å². The Kier molecular flexibility index (Phi) is 9.54. The number of unbranched alkanes of at least 4 members (excludes halogenated alkanes) is 1. The summed E-state index contributed by atoms with van der Waals surface area (Å²) in [5.41, 5.74) is 13.7. The lowest BCUT2D eigenvalue weighted by Crippen LogP contribution is -2.32. The number of allylic oxidation sites excluding steroid dienone is 5. The van der Waals surface area contributed by atoms with Gasteiger partial charge in [0.1, 0.15) is 11.5 Å². The smallest absolute Gasteiger partial charge is 0.164 e. The molecule has 6 nitrogen and oxygen atoms in total. The standard InChI is InChI=1S/C57H43N5O/c1-3-4-7-18-37(2)50-35-42(36-51(59-50)49-25-16-17-32-58-49)40-28-30-43-44-31-29-41(56-61-54(38-19-8-5-9-20-38)60-55(62-56)39-21-10-6-11-22-39)34-48(44)57(47(43)33-40)45-23-12-14-26-52(45)63-53-27-15-13-24-46(53)57/h5-36,49,58H,2-4H2,1H3/b18-7-. The zero-order valence-electron chi connectivity index (χ0n) is 34.9. The lowest BCUT2D eigenvalue weighted by Gasteiger charge is -2.39. The average Bonchev–Trinajstić information content (AvgIpc) is 3.63. The first-order chi connectivity index (χ1) is 31.1. The van der Waals surface area contributed by atoms with Crippen molar-refractivity contribution in [2.75, 3.05) is 0 Å². The van der Waals surface area contributed by atoms with Crippen LogP contribution < -0.4 is 10.1 Å². The number of rotatable bonds is 9. The lowest BCUT2D eigenvalue weighted by molar-refractivity contribution is 0.436. The molecule has 1 unspecified atom stereocenters. The number of dihydropyridines is 1. The molecule has 1 spiro atoms. The minimum Gasteiger partial charge on any atom is -0.457 e. The number of hydrogen-bond acceptors (Lipinski definition) is 6. The molecule has 1 atom stereocenters. The summed E-state index contributed by atoms with van der Waals surface area (Å²) >= 11 is 0. The number of aromatic nitrogens is 4. The zero-order chi connectivity index (χ0) is 42.3. The van der Waals surface area contributed by atoms with Crippen LogP contribution in [-0.4, -0.2) is 19.9 Å². The molecule has 0 amide bonds. The Morgan fingerprint density at radius 3 is 1.76 bits per heavy atom. The molecule has 0 fully saturated rings. The van der Waals surface area contributed by atoms with E-state index in [2.05, 4.69) is 140 Å². The molecule has 6 aromatic carbocycles. The van der Waals surface area contributed by atoms with Gasteiger partial charge in [0, 0.05) is 27.8 Å². The molecule has 0 radical (unpaired) electrons. The zero-order valence-corrected chi connectivity index (χ0v) is 34.9. The van der Waals surface area contributed by atoms with Gasteiger partial charge in [0.15, 0.2) is 17.5 Å². The molecule has 2 aliphatic heterocycles. The maximum Gasteiger partial charge on any atom is 0.164 e. The van der Waals surface area contributed by atoms with Crippen LogP contribution in [0.4, 0.5) is 0 Å². The fourth-order valence-electron chi connectivity index (χ4n) is 9.30. The molecule has 4 heterocycles. The van der Waals surface area contributed by atoms with Crippen molar-refractivity contribution in [2.45, 2.75) is 31.2 Å². The first-order valence-electron chi connectivity index (χ1n) is 21.6. The third kappa shape index (κ3) is 6.59. The van der Waals surface area contributed by atoms with Crippen LogP contribution in [0.25, 0.3) is 62.0 Å². The van der Waals surface area contributed by atoms with Gasteiger partial charge in [-0.2, -0.15) is 0 Å². The number of fused-ring (bicyclic) bond motifs is 9. The van der Waals surface area contributed by atoms with Gasteiger partial charge in [0.25, 0.3) is 0 Å². The van der Waals surface area contributed by atoms with E-state index in [1.807, 2.05) is 72.9 Å². The first-order valence-corrected chi connectivity index (χ1v) is 21.6. The predicted molar refractivity (Wildman–Crippen MR) is 254 cm³/mol. The van der Waals surface area contributed by atoms with E-state index in [-0.39, 0.29) is 6.04 Å². The fourth-order valence-corrected chi connectivity index (χ4v) is 9.30. The molecule has 11 rings (SSSR count). The van der Waals surface area contributed by atoms with Gasteiger partial charge < -0.3 is 10.1 Å². The topological polar surface area (TPSA) is 72.8 Å². The highest BCUT2D eigenvalue weighted by atomic mass is 16.5. The van der Waals surface area contributed by atoms with Crippen molar-refractivity contribution in [2.24, 2.45) is 0 Å². The Morgan fingerprint density at radius 1 is 0.587 bits per heavy atom. The summed E-state index contributed by atoms with van der Waals surface area (Å²) < 4.78 is 6.74. The highest BCUT2D eigenvalue weighted by molar-refractivity contribution is 5.92. The van der Waals surface area contributed by atoms with E-state index < -0.39 is 5.41 Å². The van der Waals surface area contributed by atoms with Crippen molar-refractivity contribution in [3.63, 3.8) is 0 Å². The Morgan fingerprint density at radius 2 is 1.16 bits per heavy atom. The van der Waals surface area contributed by atoms with E-state index >= 15 is 0 Å². The second-order valence-electron chi connectivity index (χ2n) is 16.2. The minimum atomic E-state index is -0.733. The van der Waals surface area contributed by atoms with Crippen molar-refractivity contribution >= 4 is 5.57 Å². The first kappa shape index (κ1) is 38.0. The molecular weight excluding hydrogens is 771 g/mol. The van der Waals surface area contributed by atoms with Gasteiger partial charge in [-0.05, 0) is 94.0 Å². The quantitative estimate of drug-likeness (QED) is 0.146. The molecule has 0 bridgehead atoms. The third-order valence-electron chi connectivity index (χ3n) is 12.3. The van der Waals surface area contributed by atoms with E-state index in [1.54, 1.807) is 0 Å².